The van der Waals surface area contributed by atoms with E-state index in [1.807, 2.05) is 12.1 Å². The normalized spacial score (nSPS) is 12.5. The van der Waals surface area contributed by atoms with Crippen LogP contribution >= 0.6 is 11.8 Å². The molecule has 0 aliphatic heterocycles. The first kappa shape index (κ1) is 11.3. The number of nitrogens with zero attached hydrogens (tertiary/aromatic N) is 1. The molecule has 0 saturated heterocycles. The van der Waals surface area contributed by atoms with Crippen LogP contribution in [-0.4, -0.2) is 29.1 Å². The number of aliphatic hydroxyl groups excluding tert-OH is 1. The number of aliphatic hydroxyl groups is 1. The fraction of sp³-hybridized carbons (Fsp3) is 0.500. The van der Waals surface area contributed by atoms with Crippen LogP contribution in [0.1, 0.15) is 13.3 Å². The molecule has 78 valence electrons. The number of rotatable bonds is 5. The fourth-order valence-corrected chi connectivity index (χ4v) is 2.04. The molecule has 4 heteroatoms. The highest BCUT2D eigenvalue weighted by Gasteiger charge is 2.09. The van der Waals surface area contributed by atoms with Crippen LogP contribution in [0.25, 0.3) is 0 Å². The smallest absolute Gasteiger partial charge is 0.151 e. The van der Waals surface area contributed by atoms with Gasteiger partial charge in [0.1, 0.15) is 5.03 Å². The minimum atomic E-state index is 0.212. The van der Waals surface area contributed by atoms with Crippen molar-refractivity contribution in [2.75, 3.05) is 13.7 Å². The summed E-state index contributed by atoms with van der Waals surface area (Å²) in [5.41, 5.74) is 0. The first-order valence-electron chi connectivity index (χ1n) is 4.54. The molecule has 0 fully saturated rings. The average Bonchev–Trinajstić information content (AvgIpc) is 2.19. The third kappa shape index (κ3) is 3.20. The number of ether oxygens (including phenoxy) is 1. The Labute approximate surface area is 88.5 Å². The molecule has 0 aliphatic rings. The Balaban J connectivity index is 2.65. The maximum absolute atomic E-state index is 8.78. The first-order chi connectivity index (χ1) is 6.77. The van der Waals surface area contributed by atoms with E-state index in [9.17, 15) is 0 Å². The van der Waals surface area contributed by atoms with Crippen LogP contribution in [0.5, 0.6) is 5.75 Å². The molecule has 0 bridgehead atoms. The van der Waals surface area contributed by atoms with Crippen molar-refractivity contribution in [2.24, 2.45) is 0 Å². The molecule has 1 aromatic heterocycles. The zero-order chi connectivity index (χ0) is 10.4. The van der Waals surface area contributed by atoms with Crippen LogP contribution in [0, 0.1) is 0 Å². The topological polar surface area (TPSA) is 42.4 Å². The largest absolute Gasteiger partial charge is 0.494 e. The van der Waals surface area contributed by atoms with Gasteiger partial charge in [0.05, 0.1) is 7.11 Å². The van der Waals surface area contributed by atoms with E-state index in [-0.39, 0.29) is 6.61 Å². The summed E-state index contributed by atoms with van der Waals surface area (Å²) < 4.78 is 5.18. The molecule has 3 nitrogen and oxygen atoms in total. The monoisotopic (exact) mass is 213 g/mol. The Morgan fingerprint density at radius 1 is 1.64 bits per heavy atom. The average molecular weight is 213 g/mol. The third-order valence-electron chi connectivity index (χ3n) is 1.80. The van der Waals surface area contributed by atoms with Crippen LogP contribution in [-0.2, 0) is 0 Å². The maximum atomic E-state index is 8.78. The Morgan fingerprint density at radius 2 is 2.43 bits per heavy atom. The van der Waals surface area contributed by atoms with Crippen LogP contribution < -0.4 is 4.74 Å². The summed E-state index contributed by atoms with van der Waals surface area (Å²) in [6.45, 7) is 2.28. The summed E-state index contributed by atoms with van der Waals surface area (Å²) in [5.74, 6) is 0.794. The summed E-state index contributed by atoms with van der Waals surface area (Å²) in [7, 11) is 1.64. The van der Waals surface area contributed by atoms with Gasteiger partial charge in [-0.25, -0.2) is 4.98 Å². The molecule has 0 amide bonds. The molecule has 1 heterocycles. The summed E-state index contributed by atoms with van der Waals surface area (Å²) in [5, 5.41) is 10.0. The zero-order valence-electron chi connectivity index (χ0n) is 8.43. The van der Waals surface area contributed by atoms with E-state index in [1.54, 1.807) is 25.1 Å². The molecule has 1 unspecified atom stereocenters. The van der Waals surface area contributed by atoms with Crippen molar-refractivity contribution < 1.29 is 9.84 Å². The van der Waals surface area contributed by atoms with Crippen molar-refractivity contribution in [3.8, 4) is 5.75 Å². The maximum Gasteiger partial charge on any atom is 0.151 e. The van der Waals surface area contributed by atoms with Gasteiger partial charge in [-0.05, 0) is 18.6 Å². The van der Waals surface area contributed by atoms with E-state index >= 15 is 0 Å². The Morgan fingerprint density at radius 3 is 3.07 bits per heavy atom. The van der Waals surface area contributed by atoms with Crippen molar-refractivity contribution in [1.82, 2.24) is 4.98 Å². The minimum absolute atomic E-state index is 0.212. The van der Waals surface area contributed by atoms with E-state index in [1.165, 1.54) is 0 Å². The molecule has 1 rings (SSSR count). The van der Waals surface area contributed by atoms with Gasteiger partial charge >= 0.3 is 0 Å². The molecule has 0 aromatic carbocycles. The molecule has 0 radical (unpaired) electrons. The zero-order valence-corrected chi connectivity index (χ0v) is 9.25. The highest BCUT2D eigenvalue weighted by Crippen LogP contribution is 2.30. The van der Waals surface area contributed by atoms with Crippen LogP contribution in [0.2, 0.25) is 0 Å². The van der Waals surface area contributed by atoms with Gasteiger partial charge in [-0.15, -0.1) is 0 Å². The summed E-state index contributed by atoms with van der Waals surface area (Å²) in [4.78, 5) is 4.23. The van der Waals surface area contributed by atoms with Crippen LogP contribution in [0.4, 0.5) is 0 Å². The number of hydrogen-bond donors (Lipinski definition) is 1. The highest BCUT2D eigenvalue weighted by atomic mass is 32.2. The van der Waals surface area contributed by atoms with E-state index in [0.29, 0.717) is 5.25 Å². The Bertz CT molecular complexity index is 281. The van der Waals surface area contributed by atoms with Crippen molar-refractivity contribution >= 4 is 11.8 Å². The van der Waals surface area contributed by atoms with E-state index < -0.39 is 0 Å². The number of hydrogen-bond acceptors (Lipinski definition) is 4. The standard InChI is InChI=1S/C10H15NO2S/c1-8(5-7-12)14-10-9(13-2)4-3-6-11-10/h3-4,6,8,12H,5,7H2,1-2H3. The molecule has 0 spiro atoms. The first-order valence-corrected chi connectivity index (χ1v) is 5.42. The lowest BCUT2D eigenvalue weighted by atomic mass is 10.3. The van der Waals surface area contributed by atoms with E-state index in [2.05, 4.69) is 11.9 Å². The van der Waals surface area contributed by atoms with Crippen LogP contribution in [0.3, 0.4) is 0 Å². The summed E-state index contributed by atoms with van der Waals surface area (Å²) in [6.07, 6.45) is 2.51. The van der Waals surface area contributed by atoms with E-state index in [0.717, 1.165) is 17.2 Å². The van der Waals surface area contributed by atoms with Gasteiger partial charge in [0, 0.05) is 18.1 Å². The summed E-state index contributed by atoms with van der Waals surface area (Å²) >= 11 is 1.62. The predicted molar refractivity (Wildman–Crippen MR) is 57.8 cm³/mol. The lowest BCUT2D eigenvalue weighted by Crippen LogP contribution is -2.00. The summed E-state index contributed by atoms with van der Waals surface area (Å²) in [6, 6.07) is 3.74. The van der Waals surface area contributed by atoms with E-state index in [4.69, 9.17) is 9.84 Å². The second-order valence-electron chi connectivity index (χ2n) is 2.95. The quantitative estimate of drug-likeness (QED) is 0.759. The predicted octanol–water partition coefficient (Wildman–Crippen LogP) is 1.95. The van der Waals surface area contributed by atoms with Crippen molar-refractivity contribution in [3.63, 3.8) is 0 Å². The van der Waals surface area contributed by atoms with Gasteiger partial charge in [0.25, 0.3) is 0 Å². The van der Waals surface area contributed by atoms with Crippen LogP contribution in [0.15, 0.2) is 23.4 Å². The lowest BCUT2D eigenvalue weighted by molar-refractivity contribution is 0.289. The molecule has 0 aliphatic carbocycles. The Hall–Kier alpha value is -0.740. The molecular formula is C10H15NO2S. The number of aromatic nitrogens is 1. The second-order valence-corrected chi connectivity index (χ2v) is 4.38. The van der Waals surface area contributed by atoms with Crippen molar-refractivity contribution in [3.05, 3.63) is 18.3 Å². The molecule has 1 N–H and O–H groups in total. The molecule has 0 saturated carbocycles. The Kier molecular flexibility index (Phi) is 4.76. The molecular weight excluding hydrogens is 198 g/mol. The SMILES string of the molecule is COc1cccnc1SC(C)CCO. The van der Waals surface area contributed by atoms with Gasteiger partial charge in [-0.1, -0.05) is 18.7 Å². The molecule has 1 atom stereocenters. The van der Waals surface area contributed by atoms with Crippen molar-refractivity contribution in [2.45, 2.75) is 23.6 Å². The molecule has 14 heavy (non-hydrogen) atoms. The van der Waals surface area contributed by atoms with Gasteiger partial charge in [-0.3, -0.25) is 0 Å². The van der Waals surface area contributed by atoms with Gasteiger partial charge in [0.2, 0.25) is 0 Å². The number of methoxy groups -OCH3 is 1. The van der Waals surface area contributed by atoms with Gasteiger partial charge in [0.15, 0.2) is 5.75 Å². The molecule has 1 aromatic rings. The fourth-order valence-electron chi connectivity index (χ4n) is 1.05. The van der Waals surface area contributed by atoms with Crippen molar-refractivity contribution in [1.29, 1.82) is 0 Å². The minimum Gasteiger partial charge on any atom is -0.494 e. The van der Waals surface area contributed by atoms with Gasteiger partial charge < -0.3 is 9.84 Å². The number of pyridine rings is 1. The number of thioether (sulfide) groups is 1. The third-order valence-corrected chi connectivity index (χ3v) is 2.97. The highest BCUT2D eigenvalue weighted by molar-refractivity contribution is 7.99. The second kappa shape index (κ2) is 5.88. The van der Waals surface area contributed by atoms with Gasteiger partial charge in [-0.2, -0.15) is 0 Å². The lowest BCUT2D eigenvalue weighted by Gasteiger charge is -2.10.